The highest BCUT2D eigenvalue weighted by atomic mass is 16.5. The molecule has 1 aromatic rings. The smallest absolute Gasteiger partial charge is 0.327 e. The number of benzene rings is 1. The molecule has 112 valence electrons. The Morgan fingerprint density at radius 3 is 2.80 bits per heavy atom. The molecule has 0 saturated carbocycles. The number of ether oxygens (including phenoxy) is 2. The van der Waals surface area contributed by atoms with Crippen LogP contribution in [0, 0.1) is 0 Å². The summed E-state index contributed by atoms with van der Waals surface area (Å²) in [5.41, 5.74) is -0.101. The van der Waals surface area contributed by atoms with Gasteiger partial charge in [-0.1, -0.05) is 19.1 Å². The highest BCUT2D eigenvalue weighted by Gasteiger charge is 2.33. The van der Waals surface area contributed by atoms with E-state index in [1.165, 1.54) is 0 Å². The Balaban J connectivity index is 2.67. The Labute approximate surface area is 119 Å². The first kappa shape index (κ1) is 16.5. The third kappa shape index (κ3) is 4.83. The molecule has 0 aliphatic rings. The third-order valence-electron chi connectivity index (χ3n) is 2.97. The van der Waals surface area contributed by atoms with E-state index in [-0.39, 0.29) is 6.61 Å². The Kier molecular flexibility index (Phi) is 6.48. The van der Waals surface area contributed by atoms with Crippen molar-refractivity contribution < 1.29 is 19.4 Å². The molecule has 0 aliphatic carbocycles. The lowest BCUT2D eigenvalue weighted by Crippen LogP contribution is -2.54. The van der Waals surface area contributed by atoms with Crippen LogP contribution in [0.4, 0.5) is 0 Å². The number of carboxylic acid groups (broad SMARTS) is 1. The van der Waals surface area contributed by atoms with Crippen molar-refractivity contribution >= 4 is 5.97 Å². The van der Waals surface area contributed by atoms with Gasteiger partial charge in [-0.05, 0) is 37.6 Å². The molecule has 1 rings (SSSR count). The maximum absolute atomic E-state index is 11.4. The average Bonchev–Trinajstić information content (AvgIpc) is 2.43. The Morgan fingerprint density at radius 1 is 1.45 bits per heavy atom. The minimum Gasteiger partial charge on any atom is -0.491 e. The van der Waals surface area contributed by atoms with Gasteiger partial charge >= 0.3 is 5.97 Å². The first-order valence-corrected chi connectivity index (χ1v) is 6.71. The molecule has 20 heavy (non-hydrogen) atoms. The predicted molar refractivity (Wildman–Crippen MR) is 77.0 cm³/mol. The van der Waals surface area contributed by atoms with E-state index in [9.17, 15) is 9.90 Å². The van der Waals surface area contributed by atoms with Crippen molar-refractivity contribution in [2.75, 3.05) is 20.3 Å². The molecule has 0 bridgehead atoms. The van der Waals surface area contributed by atoms with E-state index >= 15 is 0 Å². The van der Waals surface area contributed by atoms with E-state index < -0.39 is 11.5 Å². The zero-order valence-corrected chi connectivity index (χ0v) is 12.3. The van der Waals surface area contributed by atoms with Gasteiger partial charge in [-0.3, -0.25) is 10.1 Å². The molecule has 0 radical (unpaired) electrons. The fourth-order valence-corrected chi connectivity index (χ4v) is 1.71. The maximum atomic E-state index is 11.4. The Morgan fingerprint density at radius 2 is 2.20 bits per heavy atom. The quantitative estimate of drug-likeness (QED) is 0.725. The molecule has 1 unspecified atom stereocenters. The number of rotatable bonds is 9. The van der Waals surface area contributed by atoms with Gasteiger partial charge in [0.1, 0.15) is 17.9 Å². The van der Waals surface area contributed by atoms with Crippen LogP contribution in [-0.2, 0) is 16.1 Å². The lowest BCUT2D eigenvalue weighted by Gasteiger charge is -2.26. The monoisotopic (exact) mass is 281 g/mol. The number of methoxy groups -OCH3 is 1. The molecule has 5 heteroatoms. The van der Waals surface area contributed by atoms with Crippen LogP contribution in [0.25, 0.3) is 0 Å². The lowest BCUT2D eigenvalue weighted by atomic mass is 10.0. The standard InChI is InChI=1S/C15H23NO4/c1-4-8-16-15(2,14(17)18)11-20-13-7-5-6-12(9-13)10-19-3/h5-7,9,16H,4,8,10-11H2,1-3H3,(H,17,18). The number of carboxylic acids is 1. The maximum Gasteiger partial charge on any atom is 0.327 e. The summed E-state index contributed by atoms with van der Waals surface area (Å²) in [4.78, 5) is 11.4. The number of hydrogen-bond donors (Lipinski definition) is 2. The molecule has 0 amide bonds. The summed E-state index contributed by atoms with van der Waals surface area (Å²) in [6.07, 6.45) is 0.867. The largest absolute Gasteiger partial charge is 0.491 e. The predicted octanol–water partition coefficient (Wildman–Crippen LogP) is 2.05. The molecular formula is C15H23NO4. The van der Waals surface area contributed by atoms with Crippen molar-refractivity contribution in [3.05, 3.63) is 29.8 Å². The van der Waals surface area contributed by atoms with Gasteiger partial charge in [0.25, 0.3) is 0 Å². The lowest BCUT2D eigenvalue weighted by molar-refractivity contribution is -0.145. The summed E-state index contributed by atoms with van der Waals surface area (Å²) in [7, 11) is 1.63. The number of carbonyl (C=O) groups is 1. The van der Waals surface area contributed by atoms with Gasteiger partial charge in [0.05, 0.1) is 6.61 Å². The first-order valence-electron chi connectivity index (χ1n) is 6.71. The van der Waals surface area contributed by atoms with Crippen molar-refractivity contribution in [2.24, 2.45) is 0 Å². The van der Waals surface area contributed by atoms with Crippen LogP contribution in [0.2, 0.25) is 0 Å². The van der Waals surface area contributed by atoms with Gasteiger partial charge in [0.15, 0.2) is 0 Å². The van der Waals surface area contributed by atoms with Crippen LogP contribution in [-0.4, -0.2) is 36.9 Å². The van der Waals surface area contributed by atoms with Crippen LogP contribution < -0.4 is 10.1 Å². The second-order valence-electron chi connectivity index (χ2n) is 4.93. The summed E-state index contributed by atoms with van der Waals surface area (Å²) in [5.74, 6) is -0.274. The summed E-state index contributed by atoms with van der Waals surface area (Å²) in [6.45, 7) is 4.82. The van der Waals surface area contributed by atoms with Gasteiger partial charge in [-0.15, -0.1) is 0 Å². The minimum absolute atomic E-state index is 0.0682. The summed E-state index contributed by atoms with van der Waals surface area (Å²) < 4.78 is 10.7. The van der Waals surface area contributed by atoms with Gasteiger partial charge in [0, 0.05) is 7.11 Å². The van der Waals surface area contributed by atoms with Gasteiger partial charge < -0.3 is 14.6 Å². The third-order valence-corrected chi connectivity index (χ3v) is 2.97. The van der Waals surface area contributed by atoms with E-state index in [1.54, 1.807) is 20.1 Å². The van der Waals surface area contributed by atoms with Crippen molar-refractivity contribution in [1.82, 2.24) is 5.32 Å². The SMILES string of the molecule is CCCNC(C)(COc1cccc(COC)c1)C(=O)O. The zero-order valence-electron chi connectivity index (χ0n) is 12.3. The molecule has 2 N–H and O–H groups in total. The van der Waals surface area contributed by atoms with E-state index in [4.69, 9.17) is 9.47 Å². The van der Waals surface area contributed by atoms with Crippen molar-refractivity contribution in [1.29, 1.82) is 0 Å². The molecule has 1 aromatic carbocycles. The molecule has 1 atom stereocenters. The fraction of sp³-hybridized carbons (Fsp3) is 0.533. The van der Waals surface area contributed by atoms with Crippen LogP contribution >= 0.6 is 0 Å². The normalized spacial score (nSPS) is 13.8. The number of hydrogen-bond acceptors (Lipinski definition) is 4. The number of aliphatic carboxylic acids is 1. The molecule has 0 aliphatic heterocycles. The second-order valence-corrected chi connectivity index (χ2v) is 4.93. The van der Waals surface area contributed by atoms with Gasteiger partial charge in [0.2, 0.25) is 0 Å². The van der Waals surface area contributed by atoms with Crippen molar-refractivity contribution in [3.63, 3.8) is 0 Å². The number of nitrogens with one attached hydrogen (secondary N) is 1. The second kappa shape index (κ2) is 7.87. The summed E-state index contributed by atoms with van der Waals surface area (Å²) in [6, 6.07) is 7.45. The van der Waals surface area contributed by atoms with E-state index in [2.05, 4.69) is 5.32 Å². The van der Waals surface area contributed by atoms with Gasteiger partial charge in [-0.25, -0.2) is 0 Å². The molecule has 0 aromatic heterocycles. The van der Waals surface area contributed by atoms with Gasteiger partial charge in [-0.2, -0.15) is 0 Å². The molecular weight excluding hydrogens is 258 g/mol. The van der Waals surface area contributed by atoms with Crippen LogP contribution in [0.5, 0.6) is 5.75 Å². The highest BCUT2D eigenvalue weighted by Crippen LogP contribution is 2.16. The minimum atomic E-state index is -1.09. The molecule has 5 nitrogen and oxygen atoms in total. The first-order chi connectivity index (χ1) is 9.51. The van der Waals surface area contributed by atoms with Crippen LogP contribution in [0.1, 0.15) is 25.8 Å². The van der Waals surface area contributed by atoms with Crippen molar-refractivity contribution in [3.8, 4) is 5.75 Å². The molecule has 0 fully saturated rings. The van der Waals surface area contributed by atoms with E-state index in [0.29, 0.717) is 18.9 Å². The van der Waals surface area contributed by atoms with E-state index in [0.717, 1.165) is 12.0 Å². The van der Waals surface area contributed by atoms with Crippen LogP contribution in [0.3, 0.4) is 0 Å². The molecule has 0 heterocycles. The average molecular weight is 281 g/mol. The molecule has 0 spiro atoms. The van der Waals surface area contributed by atoms with Crippen molar-refractivity contribution in [2.45, 2.75) is 32.4 Å². The summed E-state index contributed by atoms with van der Waals surface area (Å²) >= 11 is 0. The van der Waals surface area contributed by atoms with Crippen LogP contribution in [0.15, 0.2) is 24.3 Å². The summed E-state index contributed by atoms with van der Waals surface area (Å²) in [5, 5.41) is 12.3. The Bertz CT molecular complexity index is 436. The topological polar surface area (TPSA) is 67.8 Å². The molecule has 0 saturated heterocycles. The van der Waals surface area contributed by atoms with E-state index in [1.807, 2.05) is 25.1 Å². The Hall–Kier alpha value is -1.59. The highest BCUT2D eigenvalue weighted by molar-refractivity contribution is 5.78. The zero-order chi connectivity index (χ0) is 15.0. The fourth-order valence-electron chi connectivity index (χ4n) is 1.71.